The molecule has 1 N–H and O–H groups in total. The summed E-state index contributed by atoms with van der Waals surface area (Å²) in [6, 6.07) is 12.2. The lowest BCUT2D eigenvalue weighted by Gasteiger charge is -2.36. The first-order valence-electron chi connectivity index (χ1n) is 10.7. The van der Waals surface area contributed by atoms with Gasteiger partial charge in [-0.25, -0.2) is 4.39 Å². The van der Waals surface area contributed by atoms with E-state index >= 15 is 0 Å². The Bertz CT molecular complexity index is 854. The number of methoxy groups -OCH3 is 1. The van der Waals surface area contributed by atoms with Crippen LogP contribution >= 0.6 is 11.6 Å². The first-order chi connectivity index (χ1) is 15.0. The first-order valence-corrected chi connectivity index (χ1v) is 11.1. The van der Waals surface area contributed by atoms with Gasteiger partial charge in [-0.2, -0.15) is 0 Å². The molecule has 7 heteroatoms. The van der Waals surface area contributed by atoms with E-state index in [9.17, 15) is 9.18 Å². The Labute approximate surface area is 188 Å². The van der Waals surface area contributed by atoms with Gasteiger partial charge in [0.25, 0.3) is 5.91 Å². The van der Waals surface area contributed by atoms with Crippen LogP contribution in [-0.4, -0.2) is 56.3 Å². The fourth-order valence-electron chi connectivity index (χ4n) is 3.81. The number of rotatable bonds is 9. The second-order valence-corrected chi connectivity index (χ2v) is 8.33. The predicted octanol–water partition coefficient (Wildman–Crippen LogP) is 4.33. The van der Waals surface area contributed by atoms with Crippen LogP contribution in [0, 0.1) is 5.82 Å². The van der Waals surface area contributed by atoms with E-state index in [4.69, 9.17) is 21.1 Å². The quantitative estimate of drug-likeness (QED) is 0.580. The Balaban J connectivity index is 1.47. The highest BCUT2D eigenvalue weighted by Gasteiger charge is 2.24. The van der Waals surface area contributed by atoms with Gasteiger partial charge in [0.15, 0.2) is 0 Å². The van der Waals surface area contributed by atoms with Gasteiger partial charge >= 0.3 is 0 Å². The molecular formula is C24H30ClFN2O3. The van der Waals surface area contributed by atoms with E-state index in [0.29, 0.717) is 35.5 Å². The standard InChI is InChI=1S/C24H30ClFN2O3/c1-17(15-18-3-6-20(26)7-4-18)28-12-9-21(10-13-28)31-23-8-5-19(16-22(23)25)24(29)27-11-14-30-2/h3-8,16-17,21H,9-15H2,1-2H3,(H,27,29)/t17-/m1/s1. The third-order valence-corrected chi connectivity index (χ3v) is 5.92. The highest BCUT2D eigenvalue weighted by molar-refractivity contribution is 6.32. The van der Waals surface area contributed by atoms with Crippen molar-refractivity contribution in [3.63, 3.8) is 0 Å². The molecule has 0 unspecified atom stereocenters. The van der Waals surface area contributed by atoms with E-state index in [2.05, 4.69) is 17.1 Å². The Kier molecular flexibility index (Phi) is 8.69. The van der Waals surface area contributed by atoms with Gasteiger partial charge in [-0.3, -0.25) is 4.79 Å². The molecule has 3 rings (SSSR count). The van der Waals surface area contributed by atoms with Crippen molar-refractivity contribution >= 4 is 17.5 Å². The molecule has 2 aromatic carbocycles. The maximum Gasteiger partial charge on any atom is 0.251 e. The summed E-state index contributed by atoms with van der Waals surface area (Å²) >= 11 is 6.37. The van der Waals surface area contributed by atoms with Gasteiger partial charge in [0.1, 0.15) is 17.7 Å². The van der Waals surface area contributed by atoms with E-state index in [0.717, 1.165) is 37.9 Å². The molecule has 1 fully saturated rings. The number of nitrogens with zero attached hydrogens (tertiary/aromatic N) is 1. The van der Waals surface area contributed by atoms with Gasteiger partial charge < -0.3 is 19.7 Å². The Morgan fingerprint density at radius 1 is 1.23 bits per heavy atom. The molecule has 5 nitrogen and oxygen atoms in total. The summed E-state index contributed by atoms with van der Waals surface area (Å²) in [5, 5.41) is 3.21. The molecule has 1 aliphatic rings. The zero-order chi connectivity index (χ0) is 22.2. The minimum Gasteiger partial charge on any atom is -0.489 e. The number of hydrogen-bond acceptors (Lipinski definition) is 4. The molecule has 1 aliphatic heterocycles. The SMILES string of the molecule is COCCNC(=O)c1ccc(OC2CCN([C@H](C)Cc3ccc(F)cc3)CC2)c(Cl)c1. The molecule has 168 valence electrons. The van der Waals surface area contributed by atoms with Crippen LogP contribution in [0.4, 0.5) is 4.39 Å². The Morgan fingerprint density at radius 3 is 2.58 bits per heavy atom. The lowest BCUT2D eigenvalue weighted by Crippen LogP contribution is -2.43. The average Bonchev–Trinajstić information content (AvgIpc) is 2.77. The second-order valence-electron chi connectivity index (χ2n) is 7.93. The predicted molar refractivity (Wildman–Crippen MR) is 120 cm³/mol. The van der Waals surface area contributed by atoms with Gasteiger partial charge in [0, 0.05) is 38.3 Å². The van der Waals surface area contributed by atoms with Crippen LogP contribution in [0.3, 0.4) is 0 Å². The lowest BCUT2D eigenvalue weighted by molar-refractivity contribution is 0.0799. The van der Waals surface area contributed by atoms with Crippen molar-refractivity contribution in [2.75, 3.05) is 33.4 Å². The number of amides is 1. The molecular weight excluding hydrogens is 419 g/mol. The van der Waals surface area contributed by atoms with Gasteiger partial charge in [-0.1, -0.05) is 23.7 Å². The van der Waals surface area contributed by atoms with Crippen LogP contribution in [0.1, 0.15) is 35.7 Å². The van der Waals surface area contributed by atoms with E-state index in [1.807, 2.05) is 12.1 Å². The van der Waals surface area contributed by atoms with Crippen molar-refractivity contribution in [3.8, 4) is 5.75 Å². The maximum absolute atomic E-state index is 13.1. The molecule has 0 radical (unpaired) electrons. The van der Waals surface area contributed by atoms with Crippen LogP contribution in [-0.2, 0) is 11.2 Å². The number of hydrogen-bond donors (Lipinski definition) is 1. The van der Waals surface area contributed by atoms with Crippen molar-refractivity contribution in [3.05, 3.63) is 64.4 Å². The summed E-state index contributed by atoms with van der Waals surface area (Å²) in [5.41, 5.74) is 1.64. The van der Waals surface area contributed by atoms with Crippen molar-refractivity contribution in [1.82, 2.24) is 10.2 Å². The fraction of sp³-hybridized carbons (Fsp3) is 0.458. The first kappa shape index (κ1) is 23.5. The second kappa shape index (κ2) is 11.5. The Morgan fingerprint density at radius 2 is 1.94 bits per heavy atom. The summed E-state index contributed by atoms with van der Waals surface area (Å²) in [7, 11) is 1.59. The smallest absolute Gasteiger partial charge is 0.251 e. The number of benzene rings is 2. The fourth-order valence-corrected chi connectivity index (χ4v) is 4.04. The normalized spacial score (nSPS) is 16.1. The summed E-state index contributed by atoms with van der Waals surface area (Å²) in [6.45, 7) is 4.98. The van der Waals surface area contributed by atoms with Gasteiger partial charge in [-0.05, 0) is 62.1 Å². The van der Waals surface area contributed by atoms with Crippen LogP contribution in [0.5, 0.6) is 5.75 Å². The van der Waals surface area contributed by atoms with Gasteiger partial charge in [0.05, 0.1) is 11.6 Å². The highest BCUT2D eigenvalue weighted by atomic mass is 35.5. The number of halogens is 2. The van der Waals surface area contributed by atoms with Crippen LogP contribution < -0.4 is 10.1 Å². The molecule has 1 heterocycles. The minimum atomic E-state index is -0.201. The van der Waals surface area contributed by atoms with E-state index < -0.39 is 0 Å². The third-order valence-electron chi connectivity index (χ3n) is 5.62. The largest absolute Gasteiger partial charge is 0.489 e. The molecule has 0 spiro atoms. The molecule has 2 aromatic rings. The van der Waals surface area contributed by atoms with Crippen LogP contribution in [0.2, 0.25) is 5.02 Å². The number of likely N-dealkylation sites (tertiary alicyclic amines) is 1. The zero-order valence-corrected chi connectivity index (χ0v) is 18.8. The van der Waals surface area contributed by atoms with Crippen molar-refractivity contribution < 1.29 is 18.7 Å². The number of ether oxygens (including phenoxy) is 2. The average molecular weight is 449 g/mol. The molecule has 1 atom stereocenters. The van der Waals surface area contributed by atoms with E-state index in [1.165, 1.54) is 12.1 Å². The number of nitrogens with one attached hydrogen (secondary N) is 1. The van der Waals surface area contributed by atoms with Crippen LogP contribution in [0.25, 0.3) is 0 Å². The van der Waals surface area contributed by atoms with E-state index in [1.54, 1.807) is 25.3 Å². The van der Waals surface area contributed by atoms with E-state index in [-0.39, 0.29) is 17.8 Å². The van der Waals surface area contributed by atoms with Crippen molar-refractivity contribution in [2.45, 2.75) is 38.3 Å². The molecule has 31 heavy (non-hydrogen) atoms. The Hall–Kier alpha value is -2.15. The summed E-state index contributed by atoms with van der Waals surface area (Å²) in [6.07, 6.45) is 2.80. The van der Waals surface area contributed by atoms with Gasteiger partial charge in [0.2, 0.25) is 0 Å². The van der Waals surface area contributed by atoms with Gasteiger partial charge in [-0.15, -0.1) is 0 Å². The molecule has 0 aliphatic carbocycles. The lowest BCUT2D eigenvalue weighted by atomic mass is 10.0. The number of piperidine rings is 1. The van der Waals surface area contributed by atoms with Crippen molar-refractivity contribution in [1.29, 1.82) is 0 Å². The summed E-state index contributed by atoms with van der Waals surface area (Å²) in [5.74, 6) is 0.217. The molecule has 0 bridgehead atoms. The number of carbonyl (C=O) groups excluding carboxylic acids is 1. The number of carbonyl (C=O) groups is 1. The summed E-state index contributed by atoms with van der Waals surface area (Å²) in [4.78, 5) is 14.6. The maximum atomic E-state index is 13.1. The molecule has 1 saturated heterocycles. The van der Waals surface area contributed by atoms with Crippen molar-refractivity contribution in [2.24, 2.45) is 0 Å². The topological polar surface area (TPSA) is 50.8 Å². The highest BCUT2D eigenvalue weighted by Crippen LogP contribution is 2.29. The molecule has 1 amide bonds. The van der Waals surface area contributed by atoms with Crippen LogP contribution in [0.15, 0.2) is 42.5 Å². The molecule has 0 saturated carbocycles. The monoisotopic (exact) mass is 448 g/mol. The summed E-state index contributed by atoms with van der Waals surface area (Å²) < 4.78 is 24.2. The minimum absolute atomic E-state index is 0.0909. The molecule has 0 aromatic heterocycles. The zero-order valence-electron chi connectivity index (χ0n) is 18.1. The third kappa shape index (κ3) is 6.92.